The van der Waals surface area contributed by atoms with Crippen molar-refractivity contribution in [1.82, 2.24) is 5.78 Å². The van der Waals surface area contributed by atoms with Crippen molar-refractivity contribution >= 4 is 11.8 Å². The SMILES string of the molecule is CCC(=O)[N](CC)[Hf+2][N](CC)C(=O)CC.[Br-].[Br-]. The molecule has 100 valence electrons. The van der Waals surface area contributed by atoms with Crippen LogP contribution in [0.3, 0.4) is 0 Å². The normalized spacial score (nSPS) is 8.24. The van der Waals surface area contributed by atoms with Crippen molar-refractivity contribution in [2.45, 2.75) is 40.5 Å². The second kappa shape index (κ2) is 13.2. The van der Waals surface area contributed by atoms with Crippen molar-refractivity contribution in [3.05, 3.63) is 0 Å². The minimum atomic E-state index is -1.44. The van der Waals surface area contributed by atoms with Gasteiger partial charge in [-0.2, -0.15) is 0 Å². The summed E-state index contributed by atoms with van der Waals surface area (Å²) in [5, 5.41) is 0. The Kier molecular flexibility index (Phi) is 17.8. The average molecular weight is 539 g/mol. The number of hydrogen-bond donors (Lipinski definition) is 0. The summed E-state index contributed by atoms with van der Waals surface area (Å²) in [6.07, 6.45) is 1.08. The maximum absolute atomic E-state index is 11.5. The van der Waals surface area contributed by atoms with Crippen molar-refractivity contribution < 1.29 is 67.0 Å². The Bertz CT molecular complexity index is 208. The first kappa shape index (κ1) is 22.9. The van der Waals surface area contributed by atoms with E-state index < -0.39 is 23.5 Å². The maximum Gasteiger partial charge on any atom is -1.00 e. The van der Waals surface area contributed by atoms with Crippen LogP contribution in [0.5, 0.6) is 0 Å². The number of amides is 2. The van der Waals surface area contributed by atoms with Crippen molar-refractivity contribution in [2.75, 3.05) is 13.1 Å². The second-order valence-corrected chi connectivity index (χ2v) is 7.68. The Morgan fingerprint density at radius 1 is 0.824 bits per heavy atom. The van der Waals surface area contributed by atoms with Gasteiger partial charge in [-0.05, 0) is 0 Å². The molecule has 17 heavy (non-hydrogen) atoms. The van der Waals surface area contributed by atoms with Crippen molar-refractivity contribution in [1.29, 1.82) is 0 Å². The van der Waals surface area contributed by atoms with E-state index in [1.54, 1.807) is 0 Å². The molecule has 0 unspecified atom stereocenters. The van der Waals surface area contributed by atoms with Gasteiger partial charge in [-0.25, -0.2) is 0 Å². The molecule has 0 heterocycles. The Labute approximate surface area is 137 Å². The Morgan fingerprint density at radius 3 is 1.29 bits per heavy atom. The molecule has 2 amide bonds. The summed E-state index contributed by atoms with van der Waals surface area (Å²) in [5.74, 6) is 0.367. The molecule has 0 saturated carbocycles. The standard InChI is InChI=1S/2C5H11NO.2BrH.Hf/c2*1-3-5(7)6-4-2;;;/h2*3-4H2,1-2H3,(H,6,7);2*1H;/q;;;;+4/p-4. The molecule has 0 saturated heterocycles. The third-order valence-corrected chi connectivity index (χ3v) is 7.88. The van der Waals surface area contributed by atoms with E-state index in [1.165, 1.54) is 0 Å². The fraction of sp³-hybridized carbons (Fsp3) is 0.800. The first-order valence-corrected chi connectivity index (χ1v) is 8.68. The van der Waals surface area contributed by atoms with E-state index >= 15 is 0 Å². The van der Waals surface area contributed by atoms with Gasteiger partial charge in [0.2, 0.25) is 0 Å². The number of carbonyl (C=O) groups excluding carboxylic acids is 2. The van der Waals surface area contributed by atoms with Gasteiger partial charge in [0.1, 0.15) is 0 Å². The summed E-state index contributed by atoms with van der Waals surface area (Å²) in [7, 11) is 0. The van der Waals surface area contributed by atoms with Crippen molar-refractivity contribution in [2.24, 2.45) is 0 Å². The van der Waals surface area contributed by atoms with Crippen molar-refractivity contribution in [3.8, 4) is 0 Å². The molecule has 0 aliphatic rings. The predicted molar refractivity (Wildman–Crippen MR) is 55.4 cm³/mol. The number of rotatable bonds is 6. The van der Waals surface area contributed by atoms with E-state index in [-0.39, 0.29) is 45.8 Å². The minimum absolute atomic E-state index is 0. The van der Waals surface area contributed by atoms with Crippen LogP contribution in [-0.2, 0) is 33.1 Å². The van der Waals surface area contributed by atoms with Crippen LogP contribution < -0.4 is 34.0 Å². The number of carbonyl (C=O) groups is 2. The molecule has 0 atom stereocenters. The smallest absolute Gasteiger partial charge is 1.00 e. The maximum atomic E-state index is 11.5. The number of hydrogen-bond acceptors (Lipinski definition) is 2. The van der Waals surface area contributed by atoms with Crippen LogP contribution in [0.2, 0.25) is 0 Å². The number of halogens is 2. The van der Waals surface area contributed by atoms with Gasteiger partial charge < -0.3 is 34.0 Å². The zero-order valence-corrected chi connectivity index (χ0v) is 17.6. The largest absolute Gasteiger partial charge is 1.00 e. The quantitative estimate of drug-likeness (QED) is 0.320. The van der Waals surface area contributed by atoms with Gasteiger partial charge in [0.25, 0.3) is 0 Å². The van der Waals surface area contributed by atoms with Gasteiger partial charge in [-0.15, -0.1) is 0 Å². The minimum Gasteiger partial charge on any atom is -1.00 e. The molecule has 0 spiro atoms. The van der Waals surface area contributed by atoms with Crippen LogP contribution in [0.4, 0.5) is 0 Å². The third-order valence-electron chi connectivity index (χ3n) is 2.08. The predicted octanol–water partition coefficient (Wildman–Crippen LogP) is -4.58. The first-order chi connectivity index (χ1) is 7.10. The van der Waals surface area contributed by atoms with E-state index in [2.05, 4.69) is 0 Å². The van der Waals surface area contributed by atoms with Crippen LogP contribution in [0.15, 0.2) is 0 Å². The van der Waals surface area contributed by atoms with E-state index in [9.17, 15) is 9.59 Å². The fourth-order valence-corrected chi connectivity index (χ4v) is 5.13. The average Bonchev–Trinajstić information content (AvgIpc) is 2.28. The molecule has 0 radical (unpaired) electrons. The van der Waals surface area contributed by atoms with Gasteiger partial charge in [0.15, 0.2) is 0 Å². The Balaban J connectivity index is -0.000000980. The van der Waals surface area contributed by atoms with E-state index in [0.717, 1.165) is 13.1 Å². The summed E-state index contributed by atoms with van der Waals surface area (Å²) < 4.78 is 3.80. The molecule has 0 rings (SSSR count). The van der Waals surface area contributed by atoms with Gasteiger partial charge in [0.05, 0.1) is 0 Å². The van der Waals surface area contributed by atoms with Crippen LogP contribution in [0.25, 0.3) is 0 Å². The zero-order valence-electron chi connectivity index (χ0n) is 10.8. The van der Waals surface area contributed by atoms with Gasteiger partial charge in [0, 0.05) is 0 Å². The molecular formula is C10H20Br2HfN2O2. The molecule has 0 bridgehead atoms. The molecule has 4 nitrogen and oxygen atoms in total. The molecule has 0 N–H and O–H groups in total. The van der Waals surface area contributed by atoms with E-state index in [1.807, 2.05) is 33.5 Å². The monoisotopic (exact) mass is 538 g/mol. The van der Waals surface area contributed by atoms with Crippen LogP contribution in [-0.4, -0.2) is 30.7 Å². The molecule has 0 aromatic carbocycles. The summed E-state index contributed by atoms with van der Waals surface area (Å²) in [4.78, 5) is 23.1. The van der Waals surface area contributed by atoms with Gasteiger partial charge in [-0.1, -0.05) is 0 Å². The Morgan fingerprint density at radius 2 is 1.12 bits per heavy atom. The molecule has 0 aliphatic heterocycles. The topological polar surface area (TPSA) is 40.6 Å². The molecule has 0 aliphatic carbocycles. The van der Waals surface area contributed by atoms with Gasteiger partial charge >= 0.3 is 104 Å². The molecule has 0 aromatic rings. The first-order valence-electron chi connectivity index (χ1n) is 5.47. The van der Waals surface area contributed by atoms with Crippen LogP contribution in [0, 0.1) is 0 Å². The second-order valence-electron chi connectivity index (χ2n) is 3.08. The summed E-state index contributed by atoms with van der Waals surface area (Å²) >= 11 is -1.44. The van der Waals surface area contributed by atoms with E-state index in [4.69, 9.17) is 0 Å². The summed E-state index contributed by atoms with van der Waals surface area (Å²) in [6.45, 7) is 9.17. The zero-order chi connectivity index (χ0) is 11.8. The summed E-state index contributed by atoms with van der Waals surface area (Å²) in [5.41, 5.74) is 0. The Hall–Kier alpha value is 0.770. The van der Waals surface area contributed by atoms with Crippen molar-refractivity contribution in [3.63, 3.8) is 0 Å². The van der Waals surface area contributed by atoms with Crippen LogP contribution in [0.1, 0.15) is 40.5 Å². The van der Waals surface area contributed by atoms with Crippen LogP contribution >= 0.6 is 0 Å². The number of nitrogens with zero attached hydrogens (tertiary/aromatic N) is 2. The summed E-state index contributed by atoms with van der Waals surface area (Å²) in [6, 6.07) is 0. The molecular weight excluding hydrogens is 518 g/mol. The molecule has 7 heteroatoms. The van der Waals surface area contributed by atoms with Gasteiger partial charge in [-0.3, -0.25) is 0 Å². The third kappa shape index (κ3) is 8.48. The van der Waals surface area contributed by atoms with E-state index in [0.29, 0.717) is 12.8 Å². The molecule has 0 aromatic heterocycles. The molecule has 0 fully saturated rings. The fourth-order valence-electron chi connectivity index (χ4n) is 1.13.